The van der Waals surface area contributed by atoms with Crippen LogP contribution >= 0.6 is 11.6 Å². The Morgan fingerprint density at radius 1 is 1.43 bits per heavy atom. The van der Waals surface area contributed by atoms with Crippen molar-refractivity contribution in [2.24, 2.45) is 0 Å². The number of hydrogen-bond acceptors (Lipinski definition) is 1. The molecule has 74 valence electrons. The molecule has 0 aliphatic carbocycles. The Morgan fingerprint density at radius 2 is 2.14 bits per heavy atom. The molecular formula is C12H14ClN. The summed E-state index contributed by atoms with van der Waals surface area (Å²) in [5.41, 5.74) is 1.15. The second-order valence-electron chi connectivity index (χ2n) is 3.33. The molecule has 0 bridgehead atoms. The molecule has 14 heavy (non-hydrogen) atoms. The fourth-order valence-corrected chi connectivity index (χ4v) is 1.49. The minimum atomic E-state index is 0.0731. The molecule has 1 nitrogen and oxygen atoms in total. The third kappa shape index (κ3) is 3.06. The molecule has 1 N–H and O–H groups in total. The first-order valence-electron chi connectivity index (χ1n) is 4.61. The molecule has 0 saturated carbocycles. The maximum atomic E-state index is 5.89. The summed E-state index contributed by atoms with van der Waals surface area (Å²) in [4.78, 5) is 0. The molecule has 0 aliphatic heterocycles. The lowest BCUT2D eigenvalue weighted by molar-refractivity contribution is 0.546. The van der Waals surface area contributed by atoms with Crippen molar-refractivity contribution in [3.63, 3.8) is 0 Å². The third-order valence-corrected chi connectivity index (χ3v) is 2.33. The Bertz CT molecular complexity index is 340. The highest BCUT2D eigenvalue weighted by molar-refractivity contribution is 6.30. The highest BCUT2D eigenvalue weighted by Crippen LogP contribution is 2.17. The predicted molar refractivity (Wildman–Crippen MR) is 61.3 cm³/mol. The second-order valence-corrected chi connectivity index (χ2v) is 3.77. The minimum absolute atomic E-state index is 0.0731. The van der Waals surface area contributed by atoms with Crippen LogP contribution in [-0.4, -0.2) is 6.04 Å². The molecule has 0 aromatic heterocycles. The van der Waals surface area contributed by atoms with Gasteiger partial charge in [0.15, 0.2) is 0 Å². The van der Waals surface area contributed by atoms with Crippen LogP contribution in [0.25, 0.3) is 0 Å². The van der Waals surface area contributed by atoms with E-state index in [1.54, 1.807) is 0 Å². The van der Waals surface area contributed by atoms with Crippen LogP contribution in [0.4, 0.5) is 0 Å². The first-order chi connectivity index (χ1) is 6.63. The van der Waals surface area contributed by atoms with E-state index in [-0.39, 0.29) is 12.1 Å². The molecule has 1 unspecified atom stereocenters. The molecule has 0 saturated heterocycles. The van der Waals surface area contributed by atoms with Gasteiger partial charge in [0.2, 0.25) is 0 Å². The molecule has 0 heterocycles. The highest BCUT2D eigenvalue weighted by atomic mass is 35.5. The van der Waals surface area contributed by atoms with Gasteiger partial charge in [-0.05, 0) is 31.5 Å². The van der Waals surface area contributed by atoms with Gasteiger partial charge >= 0.3 is 0 Å². The van der Waals surface area contributed by atoms with E-state index in [2.05, 4.69) is 18.2 Å². The standard InChI is InChI=1S/C12H14ClN/c1-4-9(2)14-10(3)11-6-5-7-12(13)8-11/h1,5-10,14H,2-3H3/t9?,10-/m1/s1. The van der Waals surface area contributed by atoms with E-state index in [0.29, 0.717) is 0 Å². The smallest absolute Gasteiger partial charge is 0.0662 e. The zero-order valence-electron chi connectivity index (χ0n) is 8.42. The van der Waals surface area contributed by atoms with Crippen molar-refractivity contribution in [3.05, 3.63) is 34.9 Å². The number of rotatable bonds is 3. The van der Waals surface area contributed by atoms with Crippen molar-refractivity contribution >= 4 is 11.6 Å². The fraction of sp³-hybridized carbons (Fsp3) is 0.333. The Morgan fingerprint density at radius 3 is 2.71 bits per heavy atom. The van der Waals surface area contributed by atoms with Crippen molar-refractivity contribution in [2.45, 2.75) is 25.9 Å². The predicted octanol–water partition coefficient (Wildman–Crippen LogP) is 3.01. The van der Waals surface area contributed by atoms with Crippen LogP contribution in [0.1, 0.15) is 25.5 Å². The Kier molecular flexibility index (Phi) is 4.00. The fourth-order valence-electron chi connectivity index (χ4n) is 1.30. The van der Waals surface area contributed by atoms with Crippen molar-refractivity contribution in [1.29, 1.82) is 0 Å². The highest BCUT2D eigenvalue weighted by Gasteiger charge is 2.07. The molecule has 2 heteroatoms. The van der Waals surface area contributed by atoms with Gasteiger partial charge in [-0.1, -0.05) is 29.7 Å². The van der Waals surface area contributed by atoms with Crippen LogP contribution in [-0.2, 0) is 0 Å². The molecule has 1 aromatic carbocycles. The van der Waals surface area contributed by atoms with E-state index in [1.165, 1.54) is 0 Å². The van der Waals surface area contributed by atoms with E-state index >= 15 is 0 Å². The summed E-state index contributed by atoms with van der Waals surface area (Å²) in [5, 5.41) is 4.03. The van der Waals surface area contributed by atoms with Crippen LogP contribution < -0.4 is 5.32 Å². The zero-order valence-corrected chi connectivity index (χ0v) is 9.18. The monoisotopic (exact) mass is 207 g/mol. The van der Waals surface area contributed by atoms with Gasteiger partial charge in [-0.15, -0.1) is 6.42 Å². The molecule has 0 amide bonds. The average molecular weight is 208 g/mol. The first-order valence-corrected chi connectivity index (χ1v) is 4.99. The molecule has 2 atom stereocenters. The normalized spacial score (nSPS) is 14.4. The maximum Gasteiger partial charge on any atom is 0.0662 e. The largest absolute Gasteiger partial charge is 0.297 e. The summed E-state index contributed by atoms with van der Waals surface area (Å²) in [6.45, 7) is 4.03. The van der Waals surface area contributed by atoms with Crippen LogP contribution in [0.2, 0.25) is 5.02 Å². The Hall–Kier alpha value is -0.970. The number of hydrogen-bond donors (Lipinski definition) is 1. The van der Waals surface area contributed by atoms with Gasteiger partial charge in [-0.25, -0.2) is 0 Å². The lowest BCUT2D eigenvalue weighted by Crippen LogP contribution is -2.27. The second kappa shape index (κ2) is 5.05. The topological polar surface area (TPSA) is 12.0 Å². The average Bonchev–Trinajstić information content (AvgIpc) is 2.17. The van der Waals surface area contributed by atoms with Crippen molar-refractivity contribution < 1.29 is 0 Å². The van der Waals surface area contributed by atoms with E-state index in [9.17, 15) is 0 Å². The molecule has 1 aromatic rings. The van der Waals surface area contributed by atoms with Crippen LogP contribution in [0.15, 0.2) is 24.3 Å². The number of terminal acetylenes is 1. The SMILES string of the molecule is C#CC(C)N[C@H](C)c1cccc(Cl)c1. The van der Waals surface area contributed by atoms with Crippen molar-refractivity contribution in [1.82, 2.24) is 5.32 Å². The maximum absolute atomic E-state index is 5.89. The molecule has 0 fully saturated rings. The van der Waals surface area contributed by atoms with Gasteiger partial charge in [0.1, 0.15) is 0 Å². The Balaban J connectivity index is 2.70. The number of nitrogens with one attached hydrogen (secondary N) is 1. The third-order valence-electron chi connectivity index (χ3n) is 2.10. The quantitative estimate of drug-likeness (QED) is 0.752. The molecular weight excluding hydrogens is 194 g/mol. The lowest BCUT2D eigenvalue weighted by atomic mass is 10.1. The van der Waals surface area contributed by atoms with E-state index in [0.717, 1.165) is 10.6 Å². The molecule has 0 aliphatic rings. The summed E-state index contributed by atoms with van der Waals surface area (Å²) >= 11 is 5.89. The van der Waals surface area contributed by atoms with Gasteiger partial charge in [0.05, 0.1) is 6.04 Å². The van der Waals surface area contributed by atoms with Gasteiger partial charge in [-0.3, -0.25) is 5.32 Å². The van der Waals surface area contributed by atoms with Gasteiger partial charge < -0.3 is 0 Å². The minimum Gasteiger partial charge on any atom is -0.297 e. The van der Waals surface area contributed by atoms with Gasteiger partial charge in [-0.2, -0.15) is 0 Å². The van der Waals surface area contributed by atoms with Crippen molar-refractivity contribution in [3.8, 4) is 12.3 Å². The molecule has 0 spiro atoms. The summed E-state index contributed by atoms with van der Waals surface area (Å²) in [5.74, 6) is 2.64. The summed E-state index contributed by atoms with van der Waals surface area (Å²) in [6, 6.07) is 8.08. The zero-order chi connectivity index (χ0) is 10.6. The first kappa shape index (κ1) is 11.1. The van der Waals surface area contributed by atoms with E-state index < -0.39 is 0 Å². The van der Waals surface area contributed by atoms with Crippen molar-refractivity contribution in [2.75, 3.05) is 0 Å². The van der Waals surface area contributed by atoms with Gasteiger partial charge in [0.25, 0.3) is 0 Å². The molecule has 0 radical (unpaired) electrons. The Labute approximate surface area is 90.5 Å². The van der Waals surface area contributed by atoms with Crippen LogP contribution in [0.5, 0.6) is 0 Å². The van der Waals surface area contributed by atoms with E-state index in [4.69, 9.17) is 18.0 Å². The van der Waals surface area contributed by atoms with Gasteiger partial charge in [0, 0.05) is 11.1 Å². The number of halogens is 1. The summed E-state index contributed by atoms with van der Waals surface area (Å²) in [7, 11) is 0. The van der Waals surface area contributed by atoms with Crippen LogP contribution in [0.3, 0.4) is 0 Å². The summed E-state index contributed by atoms with van der Waals surface area (Å²) in [6.07, 6.45) is 5.29. The lowest BCUT2D eigenvalue weighted by Gasteiger charge is -2.16. The van der Waals surface area contributed by atoms with Crippen LogP contribution in [0, 0.1) is 12.3 Å². The molecule has 1 rings (SSSR count). The number of benzene rings is 1. The summed E-state index contributed by atoms with van der Waals surface area (Å²) < 4.78 is 0. The van der Waals surface area contributed by atoms with E-state index in [1.807, 2.05) is 31.2 Å².